The molecule has 0 saturated carbocycles. The van der Waals surface area contributed by atoms with E-state index >= 15 is 0 Å². The van der Waals surface area contributed by atoms with E-state index in [4.69, 9.17) is 4.74 Å². The van der Waals surface area contributed by atoms with Crippen LogP contribution in [0.15, 0.2) is 42.5 Å². The van der Waals surface area contributed by atoms with Crippen LogP contribution in [0.1, 0.15) is 54.7 Å². The highest BCUT2D eigenvalue weighted by molar-refractivity contribution is 8.02. The van der Waals surface area contributed by atoms with E-state index in [0.717, 1.165) is 28.0 Å². The van der Waals surface area contributed by atoms with Crippen LogP contribution >= 0.6 is 11.8 Å². The number of nitrogens with zero attached hydrogens (tertiary/aromatic N) is 2. The molecule has 6 nitrogen and oxygen atoms in total. The van der Waals surface area contributed by atoms with E-state index in [2.05, 4.69) is 19.1 Å². The third kappa shape index (κ3) is 2.91. The van der Waals surface area contributed by atoms with Crippen molar-refractivity contribution in [2.45, 2.75) is 45.0 Å². The lowest BCUT2D eigenvalue weighted by atomic mass is 9.88. The number of hydrogen-bond acceptors (Lipinski definition) is 5. The second kappa shape index (κ2) is 7.22. The summed E-state index contributed by atoms with van der Waals surface area (Å²) in [5.41, 5.74) is 5.43. The molecule has 7 heteroatoms. The molecular weight excluding hydrogens is 436 g/mol. The Morgan fingerprint density at radius 2 is 1.79 bits per heavy atom. The molecule has 2 aromatic carbocycles. The summed E-state index contributed by atoms with van der Waals surface area (Å²) in [5, 5.41) is 0. The Labute approximate surface area is 197 Å². The molecule has 0 radical (unpaired) electrons. The molecule has 3 heterocycles. The fraction of sp³-hybridized carbons (Fsp3) is 0.346. The third-order valence-electron chi connectivity index (χ3n) is 6.51. The molecule has 1 fully saturated rings. The van der Waals surface area contributed by atoms with Crippen LogP contribution in [-0.2, 0) is 19.2 Å². The number of esters is 1. The fourth-order valence-corrected chi connectivity index (χ4v) is 6.61. The molecule has 1 saturated heterocycles. The lowest BCUT2D eigenvalue weighted by molar-refractivity contribution is -0.124. The van der Waals surface area contributed by atoms with E-state index in [9.17, 15) is 14.4 Å². The molecule has 2 aromatic rings. The molecule has 170 valence electrons. The minimum Gasteiger partial charge on any atom is -0.462 e. The standard InChI is InChI=1S/C26H26N2O4S/c1-6-32-23(30)17-7-9-18(10-8-17)27-21(29)14-33-26(27)20-12-15(2)11-19-16(3)13-25(4,5)28(22(19)20)24(26)31/h7-13H,6,14H2,1-5H3/t26-/m1/s1. The summed E-state index contributed by atoms with van der Waals surface area (Å²) in [6, 6.07) is 10.9. The molecule has 33 heavy (non-hydrogen) atoms. The van der Waals surface area contributed by atoms with Crippen LogP contribution in [0.3, 0.4) is 0 Å². The first-order valence-electron chi connectivity index (χ1n) is 11.1. The van der Waals surface area contributed by atoms with Crippen molar-refractivity contribution < 1.29 is 19.1 Å². The van der Waals surface area contributed by atoms with Gasteiger partial charge in [0.2, 0.25) is 10.8 Å². The number of thioether (sulfide) groups is 1. The molecule has 5 rings (SSSR count). The molecule has 3 aliphatic heterocycles. The number of hydrogen-bond donors (Lipinski definition) is 0. The largest absolute Gasteiger partial charge is 0.462 e. The SMILES string of the molecule is CCOC(=O)c1ccc(N2C(=O)CS[C@]23C(=O)N2c4c(cc(C)cc43)C(C)=CC2(C)C)cc1. The first-order chi connectivity index (χ1) is 15.6. The molecule has 3 aliphatic rings. The van der Waals surface area contributed by atoms with Gasteiger partial charge in [-0.2, -0.15) is 0 Å². The summed E-state index contributed by atoms with van der Waals surface area (Å²) in [5.74, 6) is -0.448. The summed E-state index contributed by atoms with van der Waals surface area (Å²) in [7, 11) is 0. The minimum atomic E-state index is -1.17. The number of carbonyl (C=O) groups excluding carboxylic acids is 3. The maximum Gasteiger partial charge on any atom is 0.338 e. The lowest BCUT2D eigenvalue weighted by Crippen LogP contribution is -2.54. The zero-order valence-electron chi connectivity index (χ0n) is 19.4. The number of carbonyl (C=O) groups is 3. The molecule has 1 atom stereocenters. The average Bonchev–Trinajstić information content (AvgIpc) is 3.23. The van der Waals surface area contributed by atoms with Crippen LogP contribution in [0.4, 0.5) is 11.4 Å². The predicted octanol–water partition coefficient (Wildman–Crippen LogP) is 4.65. The predicted molar refractivity (Wildman–Crippen MR) is 130 cm³/mol. The quantitative estimate of drug-likeness (QED) is 0.622. The number of fused-ring (bicyclic) bond motifs is 1. The van der Waals surface area contributed by atoms with Crippen LogP contribution in [0, 0.1) is 6.92 Å². The number of allylic oxidation sites excluding steroid dienone is 1. The highest BCUT2D eigenvalue weighted by Gasteiger charge is 2.64. The van der Waals surface area contributed by atoms with Crippen LogP contribution in [-0.4, -0.2) is 35.7 Å². The molecular formula is C26H26N2O4S. The minimum absolute atomic E-state index is 0.108. The molecule has 0 aromatic heterocycles. The van der Waals surface area contributed by atoms with Gasteiger partial charge in [0, 0.05) is 16.8 Å². The number of amides is 2. The maximum atomic E-state index is 14.2. The van der Waals surface area contributed by atoms with Gasteiger partial charge < -0.3 is 4.74 Å². The summed E-state index contributed by atoms with van der Waals surface area (Å²) >= 11 is 1.37. The van der Waals surface area contributed by atoms with E-state index in [-0.39, 0.29) is 24.2 Å². The summed E-state index contributed by atoms with van der Waals surface area (Å²) < 4.78 is 5.08. The number of anilines is 2. The van der Waals surface area contributed by atoms with E-state index in [1.807, 2.05) is 31.7 Å². The lowest BCUT2D eigenvalue weighted by Gasteiger charge is -2.40. The van der Waals surface area contributed by atoms with Gasteiger partial charge in [-0.1, -0.05) is 12.1 Å². The van der Waals surface area contributed by atoms with Crippen molar-refractivity contribution in [1.29, 1.82) is 0 Å². The molecule has 0 aliphatic carbocycles. The molecule has 2 amide bonds. The topological polar surface area (TPSA) is 66.9 Å². The Hall–Kier alpha value is -3.06. The fourth-order valence-electron chi connectivity index (χ4n) is 5.28. The molecule has 0 bridgehead atoms. The first-order valence-corrected chi connectivity index (χ1v) is 12.0. The van der Waals surface area contributed by atoms with Crippen LogP contribution in [0.2, 0.25) is 0 Å². The zero-order chi connectivity index (χ0) is 23.7. The third-order valence-corrected chi connectivity index (χ3v) is 7.90. The van der Waals surface area contributed by atoms with E-state index in [0.29, 0.717) is 11.3 Å². The van der Waals surface area contributed by atoms with Crippen molar-refractivity contribution >= 4 is 46.5 Å². The summed E-state index contributed by atoms with van der Waals surface area (Å²) in [6.07, 6.45) is 2.12. The summed E-state index contributed by atoms with van der Waals surface area (Å²) in [4.78, 5) is 41.9. The van der Waals surface area contributed by atoms with Crippen LogP contribution in [0.5, 0.6) is 0 Å². The van der Waals surface area contributed by atoms with Gasteiger partial charge in [0.25, 0.3) is 5.91 Å². The van der Waals surface area contributed by atoms with Crippen molar-refractivity contribution in [3.8, 4) is 0 Å². The number of rotatable bonds is 3. The van der Waals surface area contributed by atoms with Gasteiger partial charge in [-0.15, -0.1) is 11.8 Å². The Kier molecular flexibility index (Phi) is 4.76. The van der Waals surface area contributed by atoms with Gasteiger partial charge in [-0.05, 0) is 76.1 Å². The monoisotopic (exact) mass is 462 g/mol. The zero-order valence-corrected chi connectivity index (χ0v) is 20.2. The molecule has 1 spiro atoms. The number of ether oxygens (including phenoxy) is 1. The highest BCUT2D eigenvalue weighted by Crippen LogP contribution is 2.60. The highest BCUT2D eigenvalue weighted by atomic mass is 32.2. The normalized spacial score (nSPS) is 22.6. The van der Waals surface area contributed by atoms with Crippen molar-refractivity contribution in [2.75, 3.05) is 22.2 Å². The maximum absolute atomic E-state index is 14.2. The number of aryl methyl sites for hydroxylation is 1. The van der Waals surface area contributed by atoms with Crippen molar-refractivity contribution in [1.82, 2.24) is 0 Å². The van der Waals surface area contributed by atoms with E-state index < -0.39 is 16.4 Å². The van der Waals surface area contributed by atoms with E-state index in [1.165, 1.54) is 11.8 Å². The van der Waals surface area contributed by atoms with Gasteiger partial charge in [-0.3, -0.25) is 19.4 Å². The van der Waals surface area contributed by atoms with Gasteiger partial charge >= 0.3 is 5.97 Å². The van der Waals surface area contributed by atoms with E-state index in [1.54, 1.807) is 36.1 Å². The smallest absolute Gasteiger partial charge is 0.338 e. The Morgan fingerprint density at radius 1 is 1.09 bits per heavy atom. The van der Waals surface area contributed by atoms with Crippen LogP contribution < -0.4 is 9.80 Å². The van der Waals surface area contributed by atoms with Gasteiger partial charge in [0.15, 0.2) is 0 Å². The molecule has 0 N–H and O–H groups in total. The average molecular weight is 463 g/mol. The van der Waals surface area contributed by atoms with Crippen molar-refractivity contribution in [2.24, 2.45) is 0 Å². The second-order valence-corrected chi connectivity index (χ2v) is 10.4. The first kappa shape index (κ1) is 21.8. The molecule has 0 unspecified atom stereocenters. The van der Waals surface area contributed by atoms with Gasteiger partial charge in [0.05, 0.1) is 29.1 Å². The Balaban J connectivity index is 1.70. The Bertz CT molecular complexity index is 1250. The summed E-state index contributed by atoms with van der Waals surface area (Å²) in [6.45, 7) is 10.2. The van der Waals surface area contributed by atoms with Gasteiger partial charge in [0.1, 0.15) is 0 Å². The second-order valence-electron chi connectivity index (χ2n) is 9.26. The van der Waals surface area contributed by atoms with Crippen molar-refractivity contribution in [3.63, 3.8) is 0 Å². The Morgan fingerprint density at radius 3 is 2.45 bits per heavy atom. The van der Waals surface area contributed by atoms with Crippen LogP contribution in [0.25, 0.3) is 5.57 Å². The number of benzene rings is 2. The van der Waals surface area contributed by atoms with Crippen molar-refractivity contribution in [3.05, 3.63) is 64.7 Å². The van der Waals surface area contributed by atoms with Gasteiger partial charge in [-0.25, -0.2) is 4.79 Å².